The maximum Gasteiger partial charge on any atom is 0.179 e. The third-order valence-corrected chi connectivity index (χ3v) is 17.1. The van der Waals surface area contributed by atoms with Gasteiger partial charge in [-0.25, -0.2) is 0 Å². The van der Waals surface area contributed by atoms with Crippen molar-refractivity contribution < 1.29 is 4.42 Å². The molecule has 1 aliphatic rings. The molecule has 12 rings (SSSR count). The molecule has 4 nitrogen and oxygen atoms in total. The molecule has 0 unspecified atom stereocenters. The number of hydrogen-bond donors (Lipinski definition) is 0. The molecule has 0 atom stereocenters. The maximum atomic E-state index is 7.11. The van der Waals surface area contributed by atoms with Gasteiger partial charge in [0.1, 0.15) is 5.58 Å². The van der Waals surface area contributed by atoms with Gasteiger partial charge in [0.15, 0.2) is 13.7 Å². The van der Waals surface area contributed by atoms with Crippen LogP contribution >= 0.6 is 0 Å². The van der Waals surface area contributed by atoms with Crippen LogP contribution in [0.3, 0.4) is 0 Å². The summed E-state index contributed by atoms with van der Waals surface area (Å²) < 4.78 is 11.9. The van der Waals surface area contributed by atoms with Crippen molar-refractivity contribution in [1.82, 2.24) is 14.1 Å². The molecule has 1 aliphatic carbocycles. The largest absolute Gasteiger partial charge is 0.454 e. The second kappa shape index (κ2) is 12.9. The first kappa shape index (κ1) is 33.0. The van der Waals surface area contributed by atoms with E-state index >= 15 is 0 Å². The molecular formula is C53H37N3OSi. The van der Waals surface area contributed by atoms with Crippen LogP contribution in [0, 0.1) is 0 Å². The molecule has 0 radical (unpaired) electrons. The van der Waals surface area contributed by atoms with Gasteiger partial charge in [-0.05, 0) is 82.1 Å². The fraction of sp³-hybridized carbons (Fsp3) is 0.0377. The summed E-state index contributed by atoms with van der Waals surface area (Å²) in [5, 5.41) is 11.3. The highest BCUT2D eigenvalue weighted by Crippen LogP contribution is 2.41. The van der Waals surface area contributed by atoms with E-state index in [-0.39, 0.29) is 0 Å². The second-order valence-corrected chi connectivity index (χ2v) is 19.2. The van der Waals surface area contributed by atoms with E-state index in [2.05, 4.69) is 197 Å². The molecular weight excluding hydrogens is 723 g/mol. The Morgan fingerprint density at radius 3 is 1.78 bits per heavy atom. The van der Waals surface area contributed by atoms with Gasteiger partial charge < -0.3 is 13.6 Å². The summed E-state index contributed by atoms with van der Waals surface area (Å²) in [6.45, 7) is 0. The Bertz CT molecular complexity index is 3310. The Labute approximate surface area is 336 Å². The summed E-state index contributed by atoms with van der Waals surface area (Å²) in [6.07, 6.45) is 11.3. The van der Waals surface area contributed by atoms with Crippen LogP contribution in [-0.4, -0.2) is 22.2 Å². The Kier molecular flexibility index (Phi) is 7.34. The molecule has 4 heterocycles. The van der Waals surface area contributed by atoms with Crippen molar-refractivity contribution in [2.45, 2.75) is 12.8 Å². The minimum Gasteiger partial charge on any atom is -0.454 e. The summed E-state index contributed by atoms with van der Waals surface area (Å²) in [7, 11) is -2.77. The number of aromatic nitrogens is 3. The first-order valence-corrected chi connectivity index (χ1v) is 22.1. The van der Waals surface area contributed by atoms with Crippen molar-refractivity contribution in [1.29, 1.82) is 0 Å². The number of furan rings is 1. The third kappa shape index (κ3) is 4.71. The van der Waals surface area contributed by atoms with Crippen LogP contribution in [0.1, 0.15) is 12.8 Å². The van der Waals surface area contributed by atoms with Gasteiger partial charge in [-0.3, -0.25) is 4.98 Å². The summed E-state index contributed by atoms with van der Waals surface area (Å²) >= 11 is 0. The Balaban J connectivity index is 1.23. The monoisotopic (exact) mass is 759 g/mol. The zero-order valence-corrected chi connectivity index (χ0v) is 32.7. The lowest BCUT2D eigenvalue weighted by Gasteiger charge is -2.36. The predicted molar refractivity (Wildman–Crippen MR) is 244 cm³/mol. The highest BCUT2D eigenvalue weighted by atomic mass is 28.3. The maximum absolute atomic E-state index is 7.11. The zero-order chi connectivity index (χ0) is 38.2. The van der Waals surface area contributed by atoms with Gasteiger partial charge >= 0.3 is 0 Å². The number of allylic oxidation sites excluding steroid dienone is 4. The molecule has 0 bridgehead atoms. The lowest BCUT2D eigenvalue weighted by atomic mass is 10.1. The molecule has 58 heavy (non-hydrogen) atoms. The fourth-order valence-corrected chi connectivity index (χ4v) is 14.8. The van der Waals surface area contributed by atoms with E-state index in [0.717, 1.165) is 68.1 Å². The van der Waals surface area contributed by atoms with Crippen molar-refractivity contribution >= 4 is 89.3 Å². The molecule has 7 aromatic carbocycles. The van der Waals surface area contributed by atoms with Crippen LogP contribution < -0.4 is 15.6 Å². The standard InChI is InChI=1S/C53H37N3OSi/c1-4-17-37(18-5-1)58(38-19-6-2-7-20-38,39-21-8-3-9-22-39)40-30-31-51-44(35-40)45-33-36(55-46-26-13-10-23-41(46)42-24-11-14-27-47(42)55)34-50(53(45)57-51)56-48-28-15-12-25-43(48)52-49(56)29-16-32-54-52/h1-2,4-8,10-35H,3,9H2. The molecule has 0 amide bonds. The third-order valence-electron chi connectivity index (χ3n) is 12.3. The molecule has 0 spiro atoms. The lowest BCUT2D eigenvalue weighted by Crippen LogP contribution is -2.68. The fourth-order valence-electron chi connectivity index (χ4n) is 9.89. The van der Waals surface area contributed by atoms with Crippen LogP contribution in [0.25, 0.3) is 77.1 Å². The van der Waals surface area contributed by atoms with Crippen molar-refractivity contribution in [3.8, 4) is 11.4 Å². The first-order valence-electron chi connectivity index (χ1n) is 20.1. The van der Waals surface area contributed by atoms with Crippen LogP contribution in [-0.2, 0) is 0 Å². The highest BCUT2D eigenvalue weighted by molar-refractivity contribution is 7.16. The molecule has 11 aromatic rings. The van der Waals surface area contributed by atoms with Gasteiger partial charge in [0.25, 0.3) is 0 Å². The topological polar surface area (TPSA) is 35.9 Å². The first-order chi connectivity index (χ1) is 28.8. The molecule has 274 valence electrons. The Hall–Kier alpha value is -7.21. The van der Waals surface area contributed by atoms with Crippen molar-refractivity contribution in [2.75, 3.05) is 0 Å². The molecule has 0 saturated carbocycles. The smallest absolute Gasteiger partial charge is 0.179 e. The van der Waals surface area contributed by atoms with Gasteiger partial charge in [0.2, 0.25) is 0 Å². The van der Waals surface area contributed by atoms with Crippen LogP contribution in [0.2, 0.25) is 0 Å². The second-order valence-electron chi connectivity index (χ2n) is 15.4. The number of pyridine rings is 1. The van der Waals surface area contributed by atoms with Crippen LogP contribution in [0.4, 0.5) is 0 Å². The lowest BCUT2D eigenvalue weighted by molar-refractivity contribution is 0.666. The molecule has 0 aliphatic heterocycles. The van der Waals surface area contributed by atoms with E-state index in [1.54, 1.807) is 0 Å². The van der Waals surface area contributed by atoms with E-state index in [1.165, 1.54) is 42.6 Å². The quantitative estimate of drug-likeness (QED) is 0.125. The number of hydrogen-bond acceptors (Lipinski definition) is 2. The average Bonchev–Trinajstić information content (AvgIpc) is 3.95. The van der Waals surface area contributed by atoms with E-state index < -0.39 is 8.07 Å². The van der Waals surface area contributed by atoms with Crippen molar-refractivity contribution in [3.05, 3.63) is 206 Å². The number of nitrogens with zero attached hydrogens (tertiary/aromatic N) is 3. The number of rotatable bonds is 6. The van der Waals surface area contributed by atoms with Crippen molar-refractivity contribution in [3.63, 3.8) is 0 Å². The van der Waals surface area contributed by atoms with Gasteiger partial charge in [-0.1, -0.05) is 146 Å². The summed E-state index contributed by atoms with van der Waals surface area (Å²) in [5.74, 6) is 0. The van der Waals surface area contributed by atoms with Crippen molar-refractivity contribution in [2.24, 2.45) is 0 Å². The number of para-hydroxylation sites is 3. The predicted octanol–water partition coefficient (Wildman–Crippen LogP) is 11.5. The average molecular weight is 760 g/mol. The Morgan fingerprint density at radius 1 is 0.483 bits per heavy atom. The molecule has 0 fully saturated rings. The van der Waals surface area contributed by atoms with Crippen LogP contribution in [0.5, 0.6) is 0 Å². The summed E-state index contributed by atoms with van der Waals surface area (Å²) in [5.41, 5.74) is 9.23. The van der Waals surface area contributed by atoms with Gasteiger partial charge in [0.05, 0.1) is 33.3 Å². The molecule has 5 heteroatoms. The van der Waals surface area contributed by atoms with Gasteiger partial charge in [-0.2, -0.15) is 0 Å². The summed E-state index contributed by atoms with van der Waals surface area (Å²) in [6, 6.07) is 64.4. The van der Waals surface area contributed by atoms with Crippen LogP contribution in [0.15, 0.2) is 210 Å². The van der Waals surface area contributed by atoms with Gasteiger partial charge in [0, 0.05) is 38.8 Å². The normalized spacial score (nSPS) is 13.4. The number of benzene rings is 7. The highest BCUT2D eigenvalue weighted by Gasteiger charge is 2.42. The van der Waals surface area contributed by atoms with E-state index in [0.29, 0.717) is 0 Å². The molecule has 4 aromatic heterocycles. The Morgan fingerprint density at radius 2 is 1.10 bits per heavy atom. The minimum absolute atomic E-state index is 0.853. The molecule has 0 saturated heterocycles. The van der Waals surface area contributed by atoms with E-state index in [9.17, 15) is 0 Å². The van der Waals surface area contributed by atoms with E-state index in [4.69, 9.17) is 9.40 Å². The minimum atomic E-state index is -2.77. The summed E-state index contributed by atoms with van der Waals surface area (Å²) in [4.78, 5) is 4.91. The number of fused-ring (bicyclic) bond motifs is 9. The SMILES string of the molecule is C1=CC([Si](c2ccccc2)(c2ccccc2)c2ccc3oc4c(-n5c6ccccc6c6ncccc65)cc(-n5c6ccccc6c6ccccc65)cc4c3c2)=CCC1. The zero-order valence-electron chi connectivity index (χ0n) is 31.7. The van der Waals surface area contributed by atoms with Gasteiger partial charge in [-0.15, -0.1) is 0 Å². The molecule has 0 N–H and O–H groups in total. The van der Waals surface area contributed by atoms with E-state index in [1.807, 2.05) is 12.3 Å².